The van der Waals surface area contributed by atoms with E-state index in [2.05, 4.69) is 0 Å². The van der Waals surface area contributed by atoms with Crippen molar-refractivity contribution in [3.05, 3.63) is 176 Å². The SMILES string of the molecule is [2H]c1c(-c2ccccc2)c([2H])c2c(oc3c([2H])c(-c4nc(-c5ccccc5-c5ccccc5)nc(-c5ccccc5-c5ccccc5)n4)c([2H])c([2H])c32)c1[2H]. The van der Waals surface area contributed by atoms with Gasteiger partial charge in [-0.2, -0.15) is 0 Å². The summed E-state index contributed by atoms with van der Waals surface area (Å²) in [6.07, 6.45) is 0. The standard InChI is InChI=1S/C45H29N3O/c1-4-14-30(15-5-1)33-25-27-41-40(28-33)37-26-24-34(29-42(37)49-41)43-46-44(38-22-12-10-20-35(38)31-16-6-2-7-17-31)48-45(47-43)39-23-13-11-21-36(39)32-18-8-3-9-19-32/h1-29H/i24D,25D,26D,27D,28D,29D. The molecular formula is C45H29N3O. The molecule has 0 radical (unpaired) electrons. The number of benzene rings is 7. The molecule has 2 aromatic heterocycles. The summed E-state index contributed by atoms with van der Waals surface area (Å²) in [5.74, 6) is 0.621. The van der Waals surface area contributed by atoms with Crippen molar-refractivity contribution in [2.75, 3.05) is 0 Å². The van der Waals surface area contributed by atoms with Gasteiger partial charge in [0.2, 0.25) is 0 Å². The molecule has 0 aliphatic carbocycles. The molecule has 4 heteroatoms. The Bertz CT molecular complexity index is 2830. The smallest absolute Gasteiger partial charge is 0.164 e. The van der Waals surface area contributed by atoms with Gasteiger partial charge in [0.25, 0.3) is 0 Å². The molecule has 0 saturated carbocycles. The van der Waals surface area contributed by atoms with Gasteiger partial charge in [-0.25, -0.2) is 15.0 Å². The third kappa shape index (κ3) is 5.35. The van der Waals surface area contributed by atoms with Crippen LogP contribution < -0.4 is 0 Å². The summed E-state index contributed by atoms with van der Waals surface area (Å²) in [5, 5.41) is 0.168. The first kappa shape index (κ1) is 22.8. The Balaban J connectivity index is 1.34. The second-order valence-electron chi connectivity index (χ2n) is 11.5. The molecule has 0 atom stereocenters. The van der Waals surface area contributed by atoms with Gasteiger partial charge in [0.1, 0.15) is 11.2 Å². The Labute approximate surface area is 292 Å². The van der Waals surface area contributed by atoms with Crippen molar-refractivity contribution in [3.63, 3.8) is 0 Å². The third-order valence-corrected chi connectivity index (χ3v) is 8.44. The first-order chi connectivity index (χ1) is 26.8. The number of rotatable bonds is 6. The van der Waals surface area contributed by atoms with Gasteiger partial charge in [-0.3, -0.25) is 0 Å². The van der Waals surface area contributed by atoms with Crippen molar-refractivity contribution in [1.29, 1.82) is 0 Å². The highest BCUT2D eigenvalue weighted by Crippen LogP contribution is 2.37. The quantitative estimate of drug-likeness (QED) is 0.183. The van der Waals surface area contributed by atoms with Crippen LogP contribution in [-0.4, -0.2) is 15.0 Å². The second kappa shape index (κ2) is 12.2. The fourth-order valence-corrected chi connectivity index (χ4v) is 6.08. The van der Waals surface area contributed by atoms with E-state index in [4.69, 9.17) is 22.1 Å². The van der Waals surface area contributed by atoms with E-state index in [-0.39, 0.29) is 75.1 Å². The molecule has 4 nitrogen and oxygen atoms in total. The van der Waals surface area contributed by atoms with Crippen molar-refractivity contribution in [2.45, 2.75) is 0 Å². The van der Waals surface area contributed by atoms with Crippen molar-refractivity contribution in [3.8, 4) is 67.5 Å². The van der Waals surface area contributed by atoms with E-state index >= 15 is 0 Å². The molecule has 0 bridgehead atoms. The van der Waals surface area contributed by atoms with Crippen molar-refractivity contribution >= 4 is 21.9 Å². The van der Waals surface area contributed by atoms with Gasteiger partial charge in [0.05, 0.1) is 8.22 Å². The van der Waals surface area contributed by atoms with Gasteiger partial charge in [-0.15, -0.1) is 0 Å². The molecule has 2 heterocycles. The van der Waals surface area contributed by atoms with Gasteiger partial charge >= 0.3 is 0 Å². The Morgan fingerprint density at radius 2 is 0.816 bits per heavy atom. The molecule has 0 amide bonds. The molecule has 230 valence electrons. The van der Waals surface area contributed by atoms with Crippen LogP contribution in [0.2, 0.25) is 0 Å². The number of hydrogen-bond acceptors (Lipinski definition) is 4. The monoisotopic (exact) mass is 633 g/mol. The molecular weight excluding hydrogens is 599 g/mol. The fourth-order valence-electron chi connectivity index (χ4n) is 6.08. The predicted molar refractivity (Wildman–Crippen MR) is 200 cm³/mol. The van der Waals surface area contributed by atoms with Gasteiger partial charge in [0, 0.05) is 27.5 Å². The number of nitrogens with zero attached hydrogens (tertiary/aromatic N) is 3. The van der Waals surface area contributed by atoms with Crippen LogP contribution in [0.15, 0.2) is 180 Å². The van der Waals surface area contributed by atoms with E-state index in [0.717, 1.165) is 22.3 Å². The van der Waals surface area contributed by atoms with E-state index in [0.29, 0.717) is 28.3 Å². The zero-order valence-electron chi connectivity index (χ0n) is 32.0. The summed E-state index contributed by atoms with van der Waals surface area (Å²) in [6.45, 7) is 0. The lowest BCUT2D eigenvalue weighted by molar-refractivity contribution is 0.669. The number of aromatic nitrogens is 3. The summed E-state index contributed by atoms with van der Waals surface area (Å²) < 4.78 is 61.2. The maximum atomic E-state index is 9.50. The molecule has 0 aliphatic rings. The molecule has 0 unspecified atom stereocenters. The lowest BCUT2D eigenvalue weighted by atomic mass is 9.98. The zero-order valence-corrected chi connectivity index (χ0v) is 26.0. The minimum Gasteiger partial charge on any atom is -0.456 e. The van der Waals surface area contributed by atoms with Crippen LogP contribution in [0, 0.1) is 0 Å². The summed E-state index contributed by atoms with van der Waals surface area (Å²) in [6, 6.07) is 42.7. The molecule has 9 aromatic rings. The summed E-state index contributed by atoms with van der Waals surface area (Å²) in [7, 11) is 0. The van der Waals surface area contributed by atoms with Crippen LogP contribution in [0.25, 0.3) is 89.5 Å². The van der Waals surface area contributed by atoms with E-state index in [9.17, 15) is 5.48 Å². The van der Waals surface area contributed by atoms with Crippen molar-refractivity contribution in [1.82, 2.24) is 15.0 Å². The predicted octanol–water partition coefficient (Wildman–Crippen LogP) is 11.8. The molecule has 7 aromatic carbocycles. The van der Waals surface area contributed by atoms with E-state index in [1.54, 1.807) is 24.3 Å². The largest absolute Gasteiger partial charge is 0.456 e. The Kier molecular flexibility index (Phi) is 5.67. The van der Waals surface area contributed by atoms with Crippen LogP contribution in [-0.2, 0) is 0 Å². The first-order valence-corrected chi connectivity index (χ1v) is 15.9. The van der Waals surface area contributed by atoms with Crippen molar-refractivity contribution in [2.24, 2.45) is 0 Å². The molecule has 9 rings (SSSR count). The van der Waals surface area contributed by atoms with Gasteiger partial charge in [-0.1, -0.05) is 152 Å². The number of fused-ring (bicyclic) bond motifs is 3. The number of hydrogen-bond donors (Lipinski definition) is 0. The molecule has 0 fully saturated rings. The third-order valence-electron chi connectivity index (χ3n) is 8.44. The average Bonchev–Trinajstić information content (AvgIpc) is 3.65. The van der Waals surface area contributed by atoms with Crippen LogP contribution in [0.4, 0.5) is 0 Å². The van der Waals surface area contributed by atoms with E-state index < -0.39 is 0 Å². The minimum absolute atomic E-state index is 0.0000605. The van der Waals surface area contributed by atoms with Gasteiger partial charge in [-0.05, 0) is 57.6 Å². The van der Waals surface area contributed by atoms with Crippen LogP contribution in [0.3, 0.4) is 0 Å². The topological polar surface area (TPSA) is 51.8 Å². The molecule has 0 spiro atoms. The lowest BCUT2D eigenvalue weighted by Gasteiger charge is -2.14. The highest BCUT2D eigenvalue weighted by atomic mass is 16.3. The fraction of sp³-hybridized carbons (Fsp3) is 0. The van der Waals surface area contributed by atoms with Crippen LogP contribution in [0.1, 0.15) is 8.22 Å². The molecule has 0 aliphatic heterocycles. The summed E-state index contributed by atoms with van der Waals surface area (Å²) in [4.78, 5) is 14.9. The maximum Gasteiger partial charge on any atom is 0.164 e. The molecule has 0 saturated heterocycles. The average molecular weight is 634 g/mol. The van der Waals surface area contributed by atoms with Gasteiger partial charge < -0.3 is 4.42 Å². The second-order valence-corrected chi connectivity index (χ2v) is 11.5. The van der Waals surface area contributed by atoms with E-state index in [1.165, 1.54) is 0 Å². The van der Waals surface area contributed by atoms with E-state index in [1.807, 2.05) is 115 Å². The Morgan fingerprint density at radius 3 is 1.39 bits per heavy atom. The highest BCUT2D eigenvalue weighted by molar-refractivity contribution is 6.07. The lowest BCUT2D eigenvalue weighted by Crippen LogP contribution is -2.02. The van der Waals surface area contributed by atoms with Crippen LogP contribution >= 0.6 is 0 Å². The zero-order chi connectivity index (χ0) is 37.8. The highest BCUT2D eigenvalue weighted by Gasteiger charge is 2.19. The number of furan rings is 1. The molecule has 0 N–H and O–H groups in total. The Morgan fingerprint density at radius 1 is 0.347 bits per heavy atom. The normalized spacial score (nSPS) is 13.0. The summed E-state index contributed by atoms with van der Waals surface area (Å²) >= 11 is 0. The Hall–Kier alpha value is -6.65. The first-order valence-electron chi connectivity index (χ1n) is 18.9. The van der Waals surface area contributed by atoms with Crippen molar-refractivity contribution < 1.29 is 12.6 Å². The molecule has 49 heavy (non-hydrogen) atoms. The summed E-state index contributed by atoms with van der Waals surface area (Å²) in [5.41, 5.74) is 5.62. The van der Waals surface area contributed by atoms with Crippen LogP contribution in [0.5, 0.6) is 0 Å². The van der Waals surface area contributed by atoms with Gasteiger partial charge in [0.15, 0.2) is 17.5 Å². The minimum atomic E-state index is -0.335. The maximum absolute atomic E-state index is 9.50.